The average Bonchev–Trinajstić information content (AvgIpc) is 2.49. The van der Waals surface area contributed by atoms with Crippen LogP contribution in [0.4, 0.5) is 0 Å². The van der Waals surface area contributed by atoms with Crippen molar-refractivity contribution >= 4 is 0 Å². The predicted molar refractivity (Wildman–Crippen MR) is 76.7 cm³/mol. The number of aliphatic hydroxyl groups is 1. The Morgan fingerprint density at radius 1 is 0.947 bits per heavy atom. The topological polar surface area (TPSA) is 29.5 Å². The molecule has 0 aliphatic carbocycles. The molecule has 0 saturated heterocycles. The molecular formula is C17H18O2. The molecule has 0 spiro atoms. The first-order chi connectivity index (χ1) is 9.33. The van der Waals surface area contributed by atoms with Gasteiger partial charge in [0, 0.05) is 0 Å². The Balaban J connectivity index is 2.25. The predicted octanol–water partition coefficient (Wildman–Crippen LogP) is 3.66. The molecule has 19 heavy (non-hydrogen) atoms. The van der Waals surface area contributed by atoms with Crippen molar-refractivity contribution in [3.05, 3.63) is 84.4 Å². The fraction of sp³-hybridized carbons (Fsp3) is 0.176. The van der Waals surface area contributed by atoms with Gasteiger partial charge in [-0.1, -0.05) is 66.7 Å². The second-order valence-corrected chi connectivity index (χ2v) is 4.31. The van der Waals surface area contributed by atoms with Gasteiger partial charge in [-0.05, 0) is 11.1 Å². The summed E-state index contributed by atoms with van der Waals surface area (Å²) in [4.78, 5) is 0. The lowest BCUT2D eigenvalue weighted by Gasteiger charge is -2.23. The van der Waals surface area contributed by atoms with Crippen LogP contribution >= 0.6 is 0 Å². The summed E-state index contributed by atoms with van der Waals surface area (Å²) >= 11 is 0. The van der Waals surface area contributed by atoms with Crippen molar-refractivity contribution in [1.82, 2.24) is 0 Å². The molecule has 0 radical (unpaired) electrons. The van der Waals surface area contributed by atoms with E-state index in [0.29, 0.717) is 6.61 Å². The standard InChI is InChI=1S/C17H18O2/c1-2-13-19-17(15-11-7-4-8-12-15)16(18)14-9-5-3-6-10-14/h2-12,16-18H,1,13H2/t16-,17-/m1/s1. The zero-order chi connectivity index (χ0) is 13.5. The van der Waals surface area contributed by atoms with Gasteiger partial charge in [-0.25, -0.2) is 0 Å². The highest BCUT2D eigenvalue weighted by Gasteiger charge is 2.22. The Kier molecular flexibility index (Phi) is 4.90. The zero-order valence-electron chi connectivity index (χ0n) is 10.8. The van der Waals surface area contributed by atoms with E-state index >= 15 is 0 Å². The molecule has 1 N–H and O–H groups in total. The highest BCUT2D eigenvalue weighted by atomic mass is 16.5. The van der Waals surface area contributed by atoms with Gasteiger partial charge in [0.1, 0.15) is 12.2 Å². The Hall–Kier alpha value is -1.90. The van der Waals surface area contributed by atoms with Gasteiger partial charge in [-0.15, -0.1) is 6.58 Å². The van der Waals surface area contributed by atoms with Crippen LogP contribution in [0.5, 0.6) is 0 Å². The van der Waals surface area contributed by atoms with Crippen molar-refractivity contribution in [2.75, 3.05) is 6.61 Å². The summed E-state index contributed by atoms with van der Waals surface area (Å²) in [6.45, 7) is 4.06. The summed E-state index contributed by atoms with van der Waals surface area (Å²) in [6, 6.07) is 19.3. The van der Waals surface area contributed by atoms with E-state index in [-0.39, 0.29) is 6.10 Å². The number of ether oxygens (including phenoxy) is 1. The van der Waals surface area contributed by atoms with Gasteiger partial charge in [-0.3, -0.25) is 0 Å². The van der Waals surface area contributed by atoms with Gasteiger partial charge >= 0.3 is 0 Å². The maximum atomic E-state index is 10.5. The van der Waals surface area contributed by atoms with Crippen molar-refractivity contribution in [2.45, 2.75) is 12.2 Å². The molecule has 2 atom stereocenters. The lowest BCUT2D eigenvalue weighted by Crippen LogP contribution is -2.14. The van der Waals surface area contributed by atoms with Crippen molar-refractivity contribution in [3.63, 3.8) is 0 Å². The van der Waals surface area contributed by atoms with E-state index in [1.807, 2.05) is 60.7 Å². The Bertz CT molecular complexity index is 493. The first kappa shape index (κ1) is 13.5. The highest BCUT2D eigenvalue weighted by Crippen LogP contribution is 2.31. The third-order valence-corrected chi connectivity index (χ3v) is 2.95. The fourth-order valence-electron chi connectivity index (χ4n) is 2.01. The van der Waals surface area contributed by atoms with Crippen LogP contribution in [0, 0.1) is 0 Å². The van der Waals surface area contributed by atoms with Crippen LogP contribution in [0.1, 0.15) is 23.3 Å². The van der Waals surface area contributed by atoms with E-state index in [4.69, 9.17) is 4.74 Å². The molecule has 2 heteroatoms. The second-order valence-electron chi connectivity index (χ2n) is 4.31. The zero-order valence-corrected chi connectivity index (χ0v) is 10.8. The monoisotopic (exact) mass is 254 g/mol. The molecule has 2 nitrogen and oxygen atoms in total. The van der Waals surface area contributed by atoms with E-state index in [0.717, 1.165) is 11.1 Å². The lowest BCUT2D eigenvalue weighted by atomic mass is 9.98. The van der Waals surface area contributed by atoms with E-state index in [2.05, 4.69) is 6.58 Å². The van der Waals surface area contributed by atoms with Crippen molar-refractivity contribution in [3.8, 4) is 0 Å². The van der Waals surface area contributed by atoms with Gasteiger partial charge in [0.2, 0.25) is 0 Å². The molecule has 0 aliphatic heterocycles. The normalized spacial score (nSPS) is 13.7. The van der Waals surface area contributed by atoms with E-state index in [1.165, 1.54) is 0 Å². The molecule has 2 aromatic rings. The van der Waals surface area contributed by atoms with E-state index in [1.54, 1.807) is 6.08 Å². The smallest absolute Gasteiger partial charge is 0.113 e. The summed E-state index contributed by atoms with van der Waals surface area (Å²) in [6.07, 6.45) is 0.610. The van der Waals surface area contributed by atoms with Crippen LogP contribution in [-0.2, 0) is 4.74 Å². The van der Waals surface area contributed by atoms with Crippen LogP contribution in [0.3, 0.4) is 0 Å². The first-order valence-corrected chi connectivity index (χ1v) is 6.33. The maximum Gasteiger partial charge on any atom is 0.113 e. The number of aliphatic hydroxyl groups excluding tert-OH is 1. The molecule has 98 valence electrons. The minimum Gasteiger partial charge on any atom is -0.385 e. The number of benzene rings is 2. The third-order valence-electron chi connectivity index (χ3n) is 2.95. The van der Waals surface area contributed by atoms with Gasteiger partial charge in [0.25, 0.3) is 0 Å². The van der Waals surface area contributed by atoms with E-state index in [9.17, 15) is 5.11 Å². The molecule has 0 amide bonds. The van der Waals surface area contributed by atoms with Crippen LogP contribution in [-0.4, -0.2) is 11.7 Å². The molecule has 2 aromatic carbocycles. The molecule has 0 saturated carbocycles. The Labute approximate surface area is 114 Å². The number of hydrogen-bond donors (Lipinski definition) is 1. The van der Waals surface area contributed by atoms with Gasteiger partial charge in [0.05, 0.1) is 6.61 Å². The molecule has 0 aliphatic rings. The number of hydrogen-bond acceptors (Lipinski definition) is 2. The van der Waals surface area contributed by atoms with Crippen molar-refractivity contribution in [2.24, 2.45) is 0 Å². The van der Waals surface area contributed by atoms with Crippen LogP contribution in [0.25, 0.3) is 0 Å². The maximum absolute atomic E-state index is 10.5. The van der Waals surface area contributed by atoms with Gasteiger partial charge in [-0.2, -0.15) is 0 Å². The second kappa shape index (κ2) is 6.88. The summed E-state index contributed by atoms with van der Waals surface area (Å²) in [5.74, 6) is 0. The first-order valence-electron chi connectivity index (χ1n) is 6.33. The Morgan fingerprint density at radius 2 is 1.47 bits per heavy atom. The highest BCUT2D eigenvalue weighted by molar-refractivity contribution is 5.25. The number of rotatable bonds is 6. The SMILES string of the molecule is C=CCO[C@H](c1ccccc1)[C@H](O)c1ccccc1. The molecule has 0 unspecified atom stereocenters. The summed E-state index contributed by atoms with van der Waals surface area (Å²) < 4.78 is 5.73. The van der Waals surface area contributed by atoms with E-state index < -0.39 is 6.10 Å². The van der Waals surface area contributed by atoms with Gasteiger partial charge < -0.3 is 9.84 Å². The molecule has 2 rings (SSSR count). The van der Waals surface area contributed by atoms with Crippen molar-refractivity contribution in [1.29, 1.82) is 0 Å². The van der Waals surface area contributed by atoms with Crippen LogP contribution < -0.4 is 0 Å². The van der Waals surface area contributed by atoms with Crippen molar-refractivity contribution < 1.29 is 9.84 Å². The fourth-order valence-corrected chi connectivity index (χ4v) is 2.01. The Morgan fingerprint density at radius 3 is 2.00 bits per heavy atom. The summed E-state index contributed by atoms with van der Waals surface area (Å²) in [5, 5.41) is 10.5. The third kappa shape index (κ3) is 3.53. The molecule has 0 heterocycles. The summed E-state index contributed by atoms with van der Waals surface area (Å²) in [7, 11) is 0. The lowest BCUT2D eigenvalue weighted by molar-refractivity contribution is -0.0299. The quantitative estimate of drug-likeness (QED) is 0.797. The molecule has 0 fully saturated rings. The van der Waals surface area contributed by atoms with Crippen LogP contribution in [0.15, 0.2) is 73.3 Å². The largest absolute Gasteiger partial charge is 0.385 e. The molecule has 0 bridgehead atoms. The minimum absolute atomic E-state index is 0.387. The minimum atomic E-state index is -0.691. The molecule has 0 aromatic heterocycles. The molecular weight excluding hydrogens is 236 g/mol. The van der Waals surface area contributed by atoms with Gasteiger partial charge in [0.15, 0.2) is 0 Å². The summed E-state index contributed by atoms with van der Waals surface area (Å²) in [5.41, 5.74) is 1.81. The van der Waals surface area contributed by atoms with Crippen LogP contribution in [0.2, 0.25) is 0 Å². The average molecular weight is 254 g/mol.